The smallest absolute Gasteiger partial charge is 0.308 e. The van der Waals surface area contributed by atoms with Gasteiger partial charge >= 0.3 is 23.9 Å². The van der Waals surface area contributed by atoms with Crippen molar-refractivity contribution in [2.75, 3.05) is 6.61 Å². The molecule has 1 aliphatic rings. The van der Waals surface area contributed by atoms with E-state index in [2.05, 4.69) is 0 Å². The number of nitrogens with zero attached hydrogens (tertiary/aromatic N) is 1. The molecule has 11 heteroatoms. The quantitative estimate of drug-likeness (QED) is 0.468. The van der Waals surface area contributed by atoms with Crippen molar-refractivity contribution >= 4 is 23.9 Å². The summed E-state index contributed by atoms with van der Waals surface area (Å²) in [6, 6.07) is 2.71. The molecule has 11 nitrogen and oxygen atoms in total. The van der Waals surface area contributed by atoms with Crippen molar-refractivity contribution in [2.24, 2.45) is 0 Å². The molecule has 29 heavy (non-hydrogen) atoms. The van der Waals surface area contributed by atoms with Gasteiger partial charge in [0, 0.05) is 33.9 Å². The summed E-state index contributed by atoms with van der Waals surface area (Å²) in [6.45, 7) is 4.30. The summed E-state index contributed by atoms with van der Waals surface area (Å²) in [5.74, 6) is -2.97. The number of rotatable bonds is 6. The molecule has 2 rings (SSSR count). The van der Waals surface area contributed by atoms with E-state index in [-0.39, 0.29) is 12.4 Å². The molecule has 0 N–H and O–H groups in total. The largest absolute Gasteiger partial charge is 0.463 e. The van der Waals surface area contributed by atoms with Crippen LogP contribution in [0.2, 0.25) is 0 Å². The van der Waals surface area contributed by atoms with E-state index in [1.54, 1.807) is 0 Å². The van der Waals surface area contributed by atoms with Crippen LogP contribution in [0.25, 0.3) is 0 Å². The fourth-order valence-electron chi connectivity index (χ4n) is 2.84. The fraction of sp³-hybridized carbons (Fsp3) is 0.500. The van der Waals surface area contributed by atoms with Crippen LogP contribution in [-0.2, 0) is 38.1 Å². The van der Waals surface area contributed by atoms with Gasteiger partial charge in [-0.2, -0.15) is 0 Å². The molecule has 1 fully saturated rings. The zero-order valence-corrected chi connectivity index (χ0v) is 16.3. The Morgan fingerprint density at radius 1 is 0.966 bits per heavy atom. The molecule has 0 bridgehead atoms. The van der Waals surface area contributed by atoms with Gasteiger partial charge in [-0.15, -0.1) is 0 Å². The lowest BCUT2D eigenvalue weighted by Crippen LogP contribution is -2.41. The minimum absolute atomic E-state index is 0.266. The van der Waals surface area contributed by atoms with E-state index in [4.69, 9.17) is 23.7 Å². The first kappa shape index (κ1) is 22.1. The molecular formula is C18H21NO10. The molecule has 0 aliphatic carbocycles. The molecule has 4 atom stereocenters. The number of esters is 4. The van der Waals surface area contributed by atoms with Gasteiger partial charge in [-0.1, -0.05) is 0 Å². The van der Waals surface area contributed by atoms with Crippen LogP contribution in [-0.4, -0.2) is 53.4 Å². The van der Waals surface area contributed by atoms with Gasteiger partial charge in [0.15, 0.2) is 24.2 Å². The fourth-order valence-corrected chi connectivity index (χ4v) is 2.84. The van der Waals surface area contributed by atoms with Crippen molar-refractivity contribution in [1.82, 2.24) is 4.57 Å². The number of hydrogen-bond donors (Lipinski definition) is 0. The van der Waals surface area contributed by atoms with Crippen molar-refractivity contribution in [3.05, 3.63) is 28.7 Å². The number of hydrogen-bond acceptors (Lipinski definition) is 10. The van der Waals surface area contributed by atoms with Gasteiger partial charge in [0.1, 0.15) is 12.7 Å². The maximum Gasteiger partial charge on any atom is 0.308 e. The Morgan fingerprint density at radius 2 is 1.59 bits per heavy atom. The molecule has 0 unspecified atom stereocenters. The van der Waals surface area contributed by atoms with E-state index in [0.717, 1.165) is 25.3 Å². The molecule has 0 saturated carbocycles. The van der Waals surface area contributed by atoms with Crippen molar-refractivity contribution in [3.8, 4) is 5.75 Å². The highest BCUT2D eigenvalue weighted by molar-refractivity contribution is 5.69. The van der Waals surface area contributed by atoms with Crippen LogP contribution in [0, 0.1) is 0 Å². The molecular weight excluding hydrogens is 390 g/mol. The molecule has 1 saturated heterocycles. The normalized spacial score (nSPS) is 23.2. The van der Waals surface area contributed by atoms with Crippen LogP contribution in [0.4, 0.5) is 0 Å². The number of carbonyl (C=O) groups is 4. The molecule has 0 aromatic carbocycles. The predicted octanol–water partition coefficient (Wildman–Crippen LogP) is 0.0975. The minimum Gasteiger partial charge on any atom is -0.463 e. The third-order valence-corrected chi connectivity index (χ3v) is 3.81. The number of aromatic nitrogens is 1. The zero-order valence-electron chi connectivity index (χ0n) is 16.3. The van der Waals surface area contributed by atoms with Crippen molar-refractivity contribution in [3.63, 3.8) is 0 Å². The van der Waals surface area contributed by atoms with Gasteiger partial charge in [-0.3, -0.25) is 28.5 Å². The maximum atomic E-state index is 12.7. The van der Waals surface area contributed by atoms with E-state index < -0.39 is 54.0 Å². The summed E-state index contributed by atoms with van der Waals surface area (Å²) >= 11 is 0. The van der Waals surface area contributed by atoms with Gasteiger partial charge in [-0.05, 0) is 12.1 Å². The van der Waals surface area contributed by atoms with Crippen LogP contribution in [0.1, 0.15) is 33.9 Å². The van der Waals surface area contributed by atoms with Gasteiger partial charge in [-0.25, -0.2) is 0 Å². The summed E-state index contributed by atoms with van der Waals surface area (Å²) < 4.78 is 27.1. The third kappa shape index (κ3) is 5.64. The molecule has 0 radical (unpaired) electrons. The highest BCUT2D eigenvalue weighted by atomic mass is 16.7. The summed E-state index contributed by atoms with van der Waals surface area (Å²) in [4.78, 5) is 58.2. The Hall–Kier alpha value is -3.21. The van der Waals surface area contributed by atoms with Crippen molar-refractivity contribution in [1.29, 1.82) is 0 Å². The molecule has 1 aliphatic heterocycles. The minimum atomic E-state index is -1.23. The number of pyridine rings is 1. The second-order valence-electron chi connectivity index (χ2n) is 6.19. The Kier molecular flexibility index (Phi) is 7.10. The van der Waals surface area contributed by atoms with Crippen LogP contribution in [0.15, 0.2) is 23.1 Å². The first-order chi connectivity index (χ1) is 13.6. The van der Waals surface area contributed by atoms with Crippen LogP contribution < -0.4 is 10.3 Å². The number of ether oxygens (including phenoxy) is 5. The monoisotopic (exact) mass is 411 g/mol. The van der Waals surface area contributed by atoms with Crippen molar-refractivity contribution in [2.45, 2.75) is 52.2 Å². The Bertz CT molecular complexity index is 860. The average Bonchev–Trinajstić information content (AvgIpc) is 2.91. The SMILES string of the molecule is CC(=O)OC[C@H]1O[C@@H](n2cccc(OC(C)=O)c2=O)[C@H](OC(C)=O)[C@@H]1OC(C)=O. The standard InChI is InChI=1S/C18H21NO10/c1-9(20)25-8-14-15(27-11(3)22)16(28-12(4)23)18(29-14)19-7-5-6-13(17(19)24)26-10(2)21/h5-7,14-16,18H,8H2,1-4H3/t14-,15-,16-,18-/m1/s1. The highest BCUT2D eigenvalue weighted by Gasteiger charge is 2.50. The van der Waals surface area contributed by atoms with Crippen LogP contribution >= 0.6 is 0 Å². The van der Waals surface area contributed by atoms with E-state index in [1.807, 2.05) is 0 Å². The molecule has 1 aromatic rings. The summed E-state index contributed by atoms with van der Waals surface area (Å²) in [5.41, 5.74) is -0.737. The first-order valence-corrected chi connectivity index (χ1v) is 8.63. The number of carbonyl (C=O) groups excluding carboxylic acids is 4. The predicted molar refractivity (Wildman–Crippen MR) is 93.7 cm³/mol. The molecule has 0 spiro atoms. The summed E-state index contributed by atoms with van der Waals surface area (Å²) in [6.07, 6.45) is -3.28. The average molecular weight is 411 g/mol. The maximum absolute atomic E-state index is 12.7. The van der Waals surface area contributed by atoms with E-state index in [1.165, 1.54) is 25.3 Å². The first-order valence-electron chi connectivity index (χ1n) is 8.63. The topological polar surface area (TPSA) is 136 Å². The zero-order chi connectivity index (χ0) is 21.7. The van der Waals surface area contributed by atoms with Gasteiger partial charge < -0.3 is 23.7 Å². The van der Waals surface area contributed by atoms with Gasteiger partial charge in [0.2, 0.25) is 0 Å². The van der Waals surface area contributed by atoms with Crippen molar-refractivity contribution < 1.29 is 42.9 Å². The highest BCUT2D eigenvalue weighted by Crippen LogP contribution is 2.34. The Balaban J connectivity index is 2.46. The van der Waals surface area contributed by atoms with Gasteiger partial charge in [0.05, 0.1) is 0 Å². The van der Waals surface area contributed by atoms with Crippen LogP contribution in [0.3, 0.4) is 0 Å². The van der Waals surface area contributed by atoms with E-state index >= 15 is 0 Å². The molecule has 158 valence electrons. The third-order valence-electron chi connectivity index (χ3n) is 3.81. The molecule has 1 aromatic heterocycles. The summed E-state index contributed by atoms with van der Waals surface area (Å²) in [5, 5.41) is 0. The van der Waals surface area contributed by atoms with E-state index in [0.29, 0.717) is 0 Å². The van der Waals surface area contributed by atoms with Gasteiger partial charge in [0.25, 0.3) is 5.56 Å². The van der Waals surface area contributed by atoms with Crippen LogP contribution in [0.5, 0.6) is 5.75 Å². The summed E-state index contributed by atoms with van der Waals surface area (Å²) in [7, 11) is 0. The van der Waals surface area contributed by atoms with E-state index in [9.17, 15) is 24.0 Å². The Morgan fingerprint density at radius 3 is 2.14 bits per heavy atom. The Labute approximate surface area is 165 Å². The second-order valence-corrected chi connectivity index (χ2v) is 6.19. The lowest BCUT2D eigenvalue weighted by atomic mass is 10.1. The lowest BCUT2D eigenvalue weighted by molar-refractivity contribution is -0.166. The molecule has 2 heterocycles. The second kappa shape index (κ2) is 9.32. The lowest BCUT2D eigenvalue weighted by Gasteiger charge is -2.24. The molecule has 0 amide bonds.